The van der Waals surface area contributed by atoms with Gasteiger partial charge in [-0.1, -0.05) is 29.3 Å². The van der Waals surface area contributed by atoms with Gasteiger partial charge in [-0.25, -0.2) is 8.78 Å². The minimum atomic E-state index is -0.598. The van der Waals surface area contributed by atoms with Gasteiger partial charge in [-0.2, -0.15) is 0 Å². The van der Waals surface area contributed by atoms with Gasteiger partial charge in [0, 0.05) is 16.1 Å². The Balaban J connectivity index is 2.68. The lowest BCUT2D eigenvalue weighted by Crippen LogP contribution is -1.89. The third kappa shape index (κ3) is 2.04. The van der Waals surface area contributed by atoms with E-state index in [0.717, 1.165) is 6.07 Å². The molecule has 0 N–H and O–H groups in total. The summed E-state index contributed by atoms with van der Waals surface area (Å²) in [7, 11) is 0. The summed E-state index contributed by atoms with van der Waals surface area (Å²) in [6.45, 7) is 0. The Morgan fingerprint density at radius 3 is 2.25 bits per heavy atom. The maximum atomic E-state index is 13.6. The molecule has 0 heterocycles. The van der Waals surface area contributed by atoms with E-state index >= 15 is 0 Å². The monoisotopic (exact) mass is 258 g/mol. The van der Waals surface area contributed by atoms with Crippen LogP contribution in [-0.4, -0.2) is 0 Å². The first kappa shape index (κ1) is 11.4. The molecule has 0 aliphatic heterocycles. The zero-order valence-corrected chi connectivity index (χ0v) is 9.49. The van der Waals surface area contributed by atoms with E-state index in [4.69, 9.17) is 23.2 Å². The van der Waals surface area contributed by atoms with Crippen LogP contribution in [0.1, 0.15) is 0 Å². The van der Waals surface area contributed by atoms with Crippen molar-refractivity contribution in [2.45, 2.75) is 0 Å². The Kier molecular flexibility index (Phi) is 3.13. The summed E-state index contributed by atoms with van der Waals surface area (Å²) in [6, 6.07) is 8.22. The summed E-state index contributed by atoms with van der Waals surface area (Å²) in [5.41, 5.74) is 0.158. The smallest absolute Gasteiger partial charge is 0.132 e. The summed E-state index contributed by atoms with van der Waals surface area (Å²) < 4.78 is 27.1. The molecule has 0 unspecified atom stereocenters. The second-order valence-electron chi connectivity index (χ2n) is 3.22. The summed E-state index contributed by atoms with van der Waals surface area (Å²) in [5, 5.41) is 0.426. The van der Waals surface area contributed by atoms with E-state index in [1.807, 2.05) is 0 Å². The largest absolute Gasteiger partial charge is 0.206 e. The average molecular weight is 259 g/mol. The molecule has 0 aliphatic carbocycles. The summed E-state index contributed by atoms with van der Waals surface area (Å²) in [4.78, 5) is 0. The lowest BCUT2D eigenvalue weighted by atomic mass is 10.0. The summed E-state index contributed by atoms with van der Waals surface area (Å²) >= 11 is 11.5. The summed E-state index contributed by atoms with van der Waals surface area (Å²) in [6.07, 6.45) is 0. The van der Waals surface area contributed by atoms with Crippen molar-refractivity contribution in [2.24, 2.45) is 0 Å². The van der Waals surface area contributed by atoms with Gasteiger partial charge < -0.3 is 0 Å². The van der Waals surface area contributed by atoms with E-state index in [9.17, 15) is 8.78 Å². The van der Waals surface area contributed by atoms with Crippen molar-refractivity contribution in [1.29, 1.82) is 0 Å². The molecule has 0 fully saturated rings. The Hall–Kier alpha value is -1.12. The van der Waals surface area contributed by atoms with Gasteiger partial charge in [0.15, 0.2) is 0 Å². The highest BCUT2D eigenvalue weighted by Gasteiger charge is 2.13. The highest BCUT2D eigenvalue weighted by atomic mass is 35.5. The van der Waals surface area contributed by atoms with Gasteiger partial charge in [0.2, 0.25) is 0 Å². The van der Waals surface area contributed by atoms with Crippen molar-refractivity contribution in [1.82, 2.24) is 0 Å². The molecule has 0 spiro atoms. The minimum absolute atomic E-state index is 0.0540. The predicted molar refractivity (Wildman–Crippen MR) is 61.8 cm³/mol. The van der Waals surface area contributed by atoms with Crippen LogP contribution < -0.4 is 0 Å². The second-order valence-corrected chi connectivity index (χ2v) is 4.06. The van der Waals surface area contributed by atoms with Crippen LogP contribution in [0.5, 0.6) is 0 Å². The second kappa shape index (κ2) is 4.40. The first-order valence-electron chi connectivity index (χ1n) is 4.49. The van der Waals surface area contributed by atoms with Crippen LogP contribution in [0.25, 0.3) is 11.1 Å². The van der Waals surface area contributed by atoms with Gasteiger partial charge in [-0.3, -0.25) is 0 Å². The summed E-state index contributed by atoms with van der Waals surface area (Å²) in [5.74, 6) is -1.16. The van der Waals surface area contributed by atoms with Crippen molar-refractivity contribution in [3.8, 4) is 11.1 Å². The van der Waals surface area contributed by atoms with Crippen molar-refractivity contribution < 1.29 is 8.78 Å². The molecule has 0 radical (unpaired) electrons. The first-order valence-corrected chi connectivity index (χ1v) is 5.24. The molecule has 0 aromatic heterocycles. The number of rotatable bonds is 1. The molecule has 2 aromatic carbocycles. The number of benzene rings is 2. The van der Waals surface area contributed by atoms with E-state index in [-0.39, 0.29) is 21.2 Å². The molecule has 0 atom stereocenters. The maximum Gasteiger partial charge on any atom is 0.132 e. The first-order chi connectivity index (χ1) is 7.59. The predicted octanol–water partition coefficient (Wildman–Crippen LogP) is 4.94. The van der Waals surface area contributed by atoms with Crippen LogP contribution >= 0.6 is 23.2 Å². The molecule has 2 rings (SSSR count). The molecule has 0 nitrogen and oxygen atoms in total. The van der Waals surface area contributed by atoms with Crippen LogP contribution in [0.2, 0.25) is 10.0 Å². The number of halogens is 4. The lowest BCUT2D eigenvalue weighted by Gasteiger charge is -2.07. The van der Waals surface area contributed by atoms with E-state index in [2.05, 4.69) is 0 Å². The molecular formula is C12H6Cl2F2. The van der Waals surface area contributed by atoms with E-state index < -0.39 is 11.6 Å². The highest BCUT2D eigenvalue weighted by Crippen LogP contribution is 2.33. The Bertz CT molecular complexity index is 518. The zero-order valence-electron chi connectivity index (χ0n) is 7.98. The Morgan fingerprint density at radius 2 is 1.62 bits per heavy atom. The maximum absolute atomic E-state index is 13.6. The molecule has 0 saturated heterocycles. The standard InChI is InChI=1S/C12H6Cl2F2/c13-7-4-5-8(11(16)6-7)12-9(14)2-1-3-10(12)15/h1-6H. The molecule has 0 saturated carbocycles. The van der Waals surface area contributed by atoms with Crippen molar-refractivity contribution in [3.05, 3.63) is 58.1 Å². The van der Waals surface area contributed by atoms with E-state index in [1.165, 1.54) is 30.3 Å². The van der Waals surface area contributed by atoms with E-state index in [1.54, 1.807) is 0 Å². The SMILES string of the molecule is Fc1cc(Cl)ccc1-c1c(F)cccc1Cl. The third-order valence-corrected chi connectivity index (χ3v) is 2.71. The van der Waals surface area contributed by atoms with Gasteiger partial charge in [-0.05, 0) is 30.3 Å². The topological polar surface area (TPSA) is 0 Å². The van der Waals surface area contributed by atoms with E-state index in [0.29, 0.717) is 0 Å². The molecule has 0 aliphatic rings. The normalized spacial score (nSPS) is 10.5. The molecule has 16 heavy (non-hydrogen) atoms. The average Bonchev–Trinajstić information content (AvgIpc) is 2.20. The van der Waals surface area contributed by atoms with Crippen molar-refractivity contribution >= 4 is 23.2 Å². The van der Waals surface area contributed by atoms with Crippen molar-refractivity contribution in [3.63, 3.8) is 0 Å². The minimum Gasteiger partial charge on any atom is -0.206 e. The molecule has 2 aromatic rings. The molecule has 4 heteroatoms. The van der Waals surface area contributed by atoms with Gasteiger partial charge in [-0.15, -0.1) is 0 Å². The molecule has 82 valence electrons. The number of hydrogen-bond acceptors (Lipinski definition) is 0. The third-order valence-electron chi connectivity index (χ3n) is 2.16. The Morgan fingerprint density at radius 1 is 0.875 bits per heavy atom. The van der Waals surface area contributed by atoms with Crippen LogP contribution in [-0.2, 0) is 0 Å². The van der Waals surface area contributed by atoms with Gasteiger partial charge in [0.1, 0.15) is 11.6 Å². The fourth-order valence-electron chi connectivity index (χ4n) is 1.45. The lowest BCUT2D eigenvalue weighted by molar-refractivity contribution is 0.616. The van der Waals surface area contributed by atoms with Crippen LogP contribution in [0.15, 0.2) is 36.4 Å². The van der Waals surface area contributed by atoms with Gasteiger partial charge in [0.25, 0.3) is 0 Å². The number of hydrogen-bond donors (Lipinski definition) is 0. The van der Waals surface area contributed by atoms with Crippen LogP contribution in [0.4, 0.5) is 8.78 Å². The molecular weight excluding hydrogens is 253 g/mol. The Labute approximate surface area is 101 Å². The van der Waals surface area contributed by atoms with Crippen LogP contribution in [0.3, 0.4) is 0 Å². The highest BCUT2D eigenvalue weighted by molar-refractivity contribution is 6.33. The van der Waals surface area contributed by atoms with Gasteiger partial charge >= 0.3 is 0 Å². The fourth-order valence-corrected chi connectivity index (χ4v) is 1.87. The fraction of sp³-hybridized carbons (Fsp3) is 0. The molecule has 0 amide bonds. The van der Waals surface area contributed by atoms with Crippen molar-refractivity contribution in [2.75, 3.05) is 0 Å². The van der Waals surface area contributed by atoms with Crippen LogP contribution in [0, 0.1) is 11.6 Å². The quantitative estimate of drug-likeness (QED) is 0.680. The zero-order chi connectivity index (χ0) is 11.7. The molecule has 0 bridgehead atoms. The van der Waals surface area contributed by atoms with Gasteiger partial charge in [0.05, 0.1) is 5.02 Å².